The molecule has 0 fully saturated rings. The number of carbonyl (C=O) groups excluding carboxylic acids is 3. The minimum Gasteiger partial charge on any atom is -0.325 e. The van der Waals surface area contributed by atoms with Gasteiger partial charge in [0, 0.05) is 29.1 Å². The number of hydrogen-bond acceptors (Lipinski definition) is 4. The normalized spacial score (nSPS) is 14.9. The van der Waals surface area contributed by atoms with Crippen molar-refractivity contribution in [2.75, 3.05) is 10.6 Å². The molecule has 1 aliphatic rings. The molecule has 0 atom stereocenters. The molecule has 7 nitrogen and oxygen atoms in total. The summed E-state index contributed by atoms with van der Waals surface area (Å²) in [7, 11) is 0. The number of aromatic nitrogens is 1. The van der Waals surface area contributed by atoms with Gasteiger partial charge in [-0.1, -0.05) is 29.8 Å². The second-order valence-corrected chi connectivity index (χ2v) is 8.59. The van der Waals surface area contributed by atoms with Crippen LogP contribution in [0.5, 0.6) is 0 Å². The number of nitrogens with one attached hydrogen (secondary N) is 3. The van der Waals surface area contributed by atoms with Crippen LogP contribution in [-0.2, 0) is 11.2 Å². The lowest BCUT2D eigenvalue weighted by atomic mass is 9.75. The standard InChI is InChI=1S/C20H20BrN3O4/c1-10(25)22-14-5-4-11(21)6-15(14)23-18(27)13-7-12-16(24-19(13)28)8-20(2,3)9-17(12)26/h4-7H,8-9H2,1-3H3,(H,22,25)(H,23,27)(H,24,28). The molecule has 0 saturated carbocycles. The third kappa shape index (κ3) is 4.22. The van der Waals surface area contributed by atoms with Crippen LogP contribution in [0.2, 0.25) is 0 Å². The van der Waals surface area contributed by atoms with Crippen molar-refractivity contribution in [1.29, 1.82) is 0 Å². The molecule has 0 radical (unpaired) electrons. The van der Waals surface area contributed by atoms with Gasteiger partial charge in [0.05, 0.1) is 11.4 Å². The summed E-state index contributed by atoms with van der Waals surface area (Å²) in [4.78, 5) is 51.7. The molecule has 28 heavy (non-hydrogen) atoms. The van der Waals surface area contributed by atoms with E-state index in [0.29, 0.717) is 39.9 Å². The Morgan fingerprint density at radius 3 is 2.46 bits per heavy atom. The maximum Gasteiger partial charge on any atom is 0.261 e. The molecule has 0 unspecified atom stereocenters. The number of Topliss-reactive ketones (excluding diaryl/α,β-unsaturated/α-hetero) is 1. The van der Waals surface area contributed by atoms with E-state index in [1.807, 2.05) is 13.8 Å². The van der Waals surface area contributed by atoms with Gasteiger partial charge in [0.2, 0.25) is 5.91 Å². The fourth-order valence-electron chi connectivity index (χ4n) is 3.30. The zero-order valence-corrected chi connectivity index (χ0v) is 17.3. The van der Waals surface area contributed by atoms with Crippen molar-refractivity contribution in [3.05, 3.63) is 55.9 Å². The third-order valence-corrected chi connectivity index (χ3v) is 5.00. The summed E-state index contributed by atoms with van der Waals surface area (Å²) < 4.78 is 0.689. The molecule has 0 spiro atoms. The van der Waals surface area contributed by atoms with Crippen LogP contribution < -0.4 is 16.2 Å². The quantitative estimate of drug-likeness (QED) is 0.671. The predicted molar refractivity (Wildman–Crippen MR) is 110 cm³/mol. The number of halogens is 1. The first-order chi connectivity index (χ1) is 13.1. The number of hydrogen-bond donors (Lipinski definition) is 3. The van der Waals surface area contributed by atoms with Crippen LogP contribution in [0.3, 0.4) is 0 Å². The number of amides is 2. The zero-order chi connectivity index (χ0) is 20.6. The molecule has 146 valence electrons. The molecule has 2 aromatic rings. The summed E-state index contributed by atoms with van der Waals surface area (Å²) in [5.74, 6) is -1.05. The molecule has 1 aliphatic carbocycles. The molecular weight excluding hydrogens is 426 g/mol. The van der Waals surface area contributed by atoms with E-state index in [1.165, 1.54) is 13.0 Å². The Hall–Kier alpha value is -2.74. The molecule has 0 bridgehead atoms. The second kappa shape index (κ2) is 7.35. The van der Waals surface area contributed by atoms with Crippen LogP contribution in [0.4, 0.5) is 11.4 Å². The maximum absolute atomic E-state index is 12.7. The number of aromatic amines is 1. The third-order valence-electron chi connectivity index (χ3n) is 4.50. The number of anilines is 2. The minimum absolute atomic E-state index is 0.0991. The number of benzene rings is 1. The van der Waals surface area contributed by atoms with Crippen molar-refractivity contribution in [2.24, 2.45) is 5.41 Å². The van der Waals surface area contributed by atoms with Crippen molar-refractivity contribution < 1.29 is 14.4 Å². The molecule has 2 amide bonds. The smallest absolute Gasteiger partial charge is 0.261 e. The van der Waals surface area contributed by atoms with E-state index in [9.17, 15) is 19.2 Å². The zero-order valence-electron chi connectivity index (χ0n) is 15.7. The summed E-state index contributed by atoms with van der Waals surface area (Å²) in [6.07, 6.45) is 0.912. The molecule has 8 heteroatoms. The van der Waals surface area contributed by atoms with Gasteiger partial charge in [0.15, 0.2) is 5.78 Å². The fraction of sp³-hybridized carbons (Fsp3) is 0.300. The predicted octanol–water partition coefficient (Wildman–Crippen LogP) is 3.50. The first-order valence-electron chi connectivity index (χ1n) is 8.74. The second-order valence-electron chi connectivity index (χ2n) is 7.67. The van der Waals surface area contributed by atoms with Crippen molar-refractivity contribution in [2.45, 2.75) is 33.6 Å². The van der Waals surface area contributed by atoms with Crippen LogP contribution in [0, 0.1) is 5.41 Å². The summed E-state index contributed by atoms with van der Waals surface area (Å²) >= 11 is 3.31. The van der Waals surface area contributed by atoms with E-state index in [4.69, 9.17) is 0 Å². The van der Waals surface area contributed by atoms with Crippen LogP contribution >= 0.6 is 15.9 Å². The van der Waals surface area contributed by atoms with Gasteiger partial charge in [0.25, 0.3) is 11.5 Å². The Labute approximate surface area is 170 Å². The topological polar surface area (TPSA) is 108 Å². The van der Waals surface area contributed by atoms with Gasteiger partial charge in [-0.05, 0) is 36.1 Å². The molecule has 3 rings (SSSR count). The van der Waals surface area contributed by atoms with Gasteiger partial charge in [-0.15, -0.1) is 0 Å². The molecule has 0 saturated heterocycles. The largest absolute Gasteiger partial charge is 0.325 e. The van der Waals surface area contributed by atoms with Crippen LogP contribution in [0.1, 0.15) is 53.6 Å². The summed E-state index contributed by atoms with van der Waals surface area (Å²) in [5.41, 5.74) is 0.721. The molecule has 1 aromatic heterocycles. The Bertz CT molecular complexity index is 1060. The monoisotopic (exact) mass is 445 g/mol. The highest BCUT2D eigenvalue weighted by Gasteiger charge is 2.32. The molecule has 1 aromatic carbocycles. The van der Waals surface area contributed by atoms with Gasteiger partial charge >= 0.3 is 0 Å². The first kappa shape index (κ1) is 20.0. The fourth-order valence-corrected chi connectivity index (χ4v) is 3.67. The maximum atomic E-state index is 12.7. The molecule has 3 N–H and O–H groups in total. The van der Waals surface area contributed by atoms with Gasteiger partial charge in [-0.25, -0.2) is 0 Å². The number of rotatable bonds is 3. The van der Waals surface area contributed by atoms with E-state index in [0.717, 1.165) is 0 Å². The number of fused-ring (bicyclic) bond motifs is 1. The minimum atomic E-state index is -0.661. The lowest BCUT2D eigenvalue weighted by Gasteiger charge is -2.29. The van der Waals surface area contributed by atoms with Crippen molar-refractivity contribution >= 4 is 44.9 Å². The van der Waals surface area contributed by atoms with E-state index < -0.39 is 11.5 Å². The lowest BCUT2D eigenvalue weighted by molar-refractivity contribution is -0.114. The molecule has 1 heterocycles. The number of carbonyl (C=O) groups is 3. The summed E-state index contributed by atoms with van der Waals surface area (Å²) in [5, 5.41) is 5.26. The summed E-state index contributed by atoms with van der Waals surface area (Å²) in [6.45, 7) is 5.28. The van der Waals surface area contributed by atoms with Crippen molar-refractivity contribution in [1.82, 2.24) is 4.98 Å². The SMILES string of the molecule is CC(=O)Nc1ccc(Br)cc1NC(=O)c1cc2c([nH]c1=O)CC(C)(C)CC2=O. The Kier molecular flexibility index (Phi) is 5.25. The van der Waals surface area contributed by atoms with Crippen molar-refractivity contribution in [3.8, 4) is 0 Å². The highest BCUT2D eigenvalue weighted by atomic mass is 79.9. The average molecular weight is 446 g/mol. The number of pyridine rings is 1. The van der Waals surface area contributed by atoms with Gasteiger partial charge in [-0.2, -0.15) is 0 Å². The Morgan fingerprint density at radius 2 is 1.79 bits per heavy atom. The molecular formula is C20H20BrN3O4. The summed E-state index contributed by atoms with van der Waals surface area (Å²) in [6, 6.07) is 6.32. The first-order valence-corrected chi connectivity index (χ1v) is 9.53. The average Bonchev–Trinajstić information content (AvgIpc) is 2.55. The van der Waals surface area contributed by atoms with Crippen molar-refractivity contribution in [3.63, 3.8) is 0 Å². The highest BCUT2D eigenvalue weighted by Crippen LogP contribution is 2.33. The Morgan fingerprint density at radius 1 is 1.07 bits per heavy atom. The van der Waals surface area contributed by atoms with Gasteiger partial charge in [-0.3, -0.25) is 19.2 Å². The van der Waals surface area contributed by atoms with Crippen LogP contribution in [0.25, 0.3) is 0 Å². The molecule has 0 aliphatic heterocycles. The van der Waals surface area contributed by atoms with E-state index in [2.05, 4.69) is 31.5 Å². The van der Waals surface area contributed by atoms with E-state index in [1.54, 1.807) is 18.2 Å². The van der Waals surface area contributed by atoms with E-state index in [-0.39, 0.29) is 22.7 Å². The van der Waals surface area contributed by atoms with Crippen LogP contribution in [0.15, 0.2) is 33.5 Å². The lowest BCUT2D eigenvalue weighted by Crippen LogP contribution is -2.33. The van der Waals surface area contributed by atoms with Crippen LogP contribution in [-0.4, -0.2) is 22.6 Å². The Balaban J connectivity index is 1.96. The number of H-pyrrole nitrogens is 1. The number of ketones is 1. The highest BCUT2D eigenvalue weighted by molar-refractivity contribution is 9.10. The van der Waals surface area contributed by atoms with Gasteiger partial charge < -0.3 is 15.6 Å². The van der Waals surface area contributed by atoms with Gasteiger partial charge in [0.1, 0.15) is 5.56 Å². The van der Waals surface area contributed by atoms with E-state index >= 15 is 0 Å².